The van der Waals surface area contributed by atoms with E-state index in [9.17, 15) is 9.18 Å². The van der Waals surface area contributed by atoms with Crippen molar-refractivity contribution in [2.45, 2.75) is 18.3 Å². The van der Waals surface area contributed by atoms with Crippen molar-refractivity contribution in [2.24, 2.45) is 0 Å². The highest BCUT2D eigenvalue weighted by molar-refractivity contribution is 5.99. The minimum atomic E-state index is -0.730. The summed E-state index contributed by atoms with van der Waals surface area (Å²) in [7, 11) is 1.53. The highest BCUT2D eigenvalue weighted by Gasteiger charge is 2.41. The number of ether oxygens (including phenoxy) is 2. The molecule has 0 unspecified atom stereocenters. The zero-order valence-electron chi connectivity index (χ0n) is 13.4. The minimum Gasteiger partial charge on any atom is -0.481 e. The van der Waals surface area contributed by atoms with Crippen LogP contribution in [0, 0.1) is 5.82 Å². The van der Waals surface area contributed by atoms with Crippen molar-refractivity contribution in [2.75, 3.05) is 25.6 Å². The molecule has 1 saturated heterocycles. The van der Waals surface area contributed by atoms with Crippen molar-refractivity contribution >= 4 is 11.6 Å². The van der Waals surface area contributed by atoms with Crippen LogP contribution in [0.15, 0.2) is 42.6 Å². The predicted octanol–water partition coefficient (Wildman–Crippen LogP) is 2.92. The van der Waals surface area contributed by atoms with Gasteiger partial charge < -0.3 is 14.8 Å². The van der Waals surface area contributed by atoms with E-state index in [1.54, 1.807) is 30.5 Å². The summed E-state index contributed by atoms with van der Waals surface area (Å²) in [6.45, 7) is 0.983. The highest BCUT2D eigenvalue weighted by Crippen LogP contribution is 2.36. The number of benzene rings is 1. The maximum absolute atomic E-state index is 13.3. The fraction of sp³-hybridized carbons (Fsp3) is 0.333. The number of pyridine rings is 1. The Morgan fingerprint density at radius 3 is 2.50 bits per heavy atom. The van der Waals surface area contributed by atoms with Crippen molar-refractivity contribution in [1.29, 1.82) is 0 Å². The molecular weight excluding hydrogens is 311 g/mol. The molecule has 0 radical (unpaired) electrons. The SMILES string of the molecule is COc1ccc(NC(=O)C2(c3ccc(F)cc3)CCOCC2)cn1. The third-order valence-corrected chi connectivity index (χ3v) is 4.38. The number of halogens is 1. The molecule has 3 rings (SSSR count). The predicted molar refractivity (Wildman–Crippen MR) is 87.5 cm³/mol. The Kier molecular flexibility index (Phi) is 4.76. The normalized spacial score (nSPS) is 16.4. The van der Waals surface area contributed by atoms with Crippen LogP contribution in [0.25, 0.3) is 0 Å². The van der Waals surface area contributed by atoms with Gasteiger partial charge in [0.15, 0.2) is 0 Å². The van der Waals surface area contributed by atoms with Crippen LogP contribution in [0.4, 0.5) is 10.1 Å². The van der Waals surface area contributed by atoms with Crippen LogP contribution in [-0.2, 0) is 14.9 Å². The van der Waals surface area contributed by atoms with Crippen molar-refractivity contribution in [3.8, 4) is 5.88 Å². The number of aromatic nitrogens is 1. The van der Waals surface area contributed by atoms with Crippen molar-refractivity contribution in [3.05, 3.63) is 54.0 Å². The van der Waals surface area contributed by atoms with Gasteiger partial charge in [-0.2, -0.15) is 0 Å². The molecule has 2 heterocycles. The first-order chi connectivity index (χ1) is 11.6. The maximum Gasteiger partial charge on any atom is 0.235 e. The lowest BCUT2D eigenvalue weighted by molar-refractivity contribution is -0.125. The Morgan fingerprint density at radius 2 is 1.92 bits per heavy atom. The van der Waals surface area contributed by atoms with Gasteiger partial charge in [-0.15, -0.1) is 0 Å². The van der Waals surface area contributed by atoms with E-state index in [-0.39, 0.29) is 11.7 Å². The quantitative estimate of drug-likeness (QED) is 0.936. The van der Waals surface area contributed by atoms with E-state index in [1.807, 2.05) is 0 Å². The largest absolute Gasteiger partial charge is 0.481 e. The summed E-state index contributed by atoms with van der Waals surface area (Å²) in [6, 6.07) is 9.54. The van der Waals surface area contributed by atoms with E-state index in [0.29, 0.717) is 37.6 Å². The van der Waals surface area contributed by atoms with Crippen LogP contribution in [-0.4, -0.2) is 31.2 Å². The molecular formula is C18H19FN2O3. The number of rotatable bonds is 4. The van der Waals surface area contributed by atoms with E-state index >= 15 is 0 Å². The minimum absolute atomic E-state index is 0.135. The van der Waals surface area contributed by atoms with Gasteiger partial charge in [-0.1, -0.05) is 12.1 Å². The Labute approximate surface area is 139 Å². The molecule has 1 N–H and O–H groups in total. The monoisotopic (exact) mass is 330 g/mol. The zero-order valence-corrected chi connectivity index (χ0v) is 13.4. The lowest BCUT2D eigenvalue weighted by Gasteiger charge is -2.36. The third-order valence-electron chi connectivity index (χ3n) is 4.38. The number of hydrogen-bond acceptors (Lipinski definition) is 4. The molecule has 0 aliphatic carbocycles. The van der Waals surface area contributed by atoms with Gasteiger partial charge in [0.1, 0.15) is 5.82 Å². The average molecular weight is 330 g/mol. The molecule has 1 aromatic carbocycles. The van der Waals surface area contributed by atoms with Gasteiger partial charge in [0.25, 0.3) is 0 Å². The van der Waals surface area contributed by atoms with Gasteiger partial charge in [0.2, 0.25) is 11.8 Å². The summed E-state index contributed by atoms with van der Waals surface area (Å²) in [5.41, 5.74) is 0.659. The summed E-state index contributed by atoms with van der Waals surface area (Å²) in [4.78, 5) is 17.1. The molecule has 1 amide bonds. The number of carbonyl (C=O) groups excluding carboxylic acids is 1. The molecule has 6 heteroatoms. The van der Waals surface area contributed by atoms with Crippen molar-refractivity contribution in [1.82, 2.24) is 4.98 Å². The lowest BCUT2D eigenvalue weighted by atomic mass is 9.73. The number of methoxy groups -OCH3 is 1. The van der Waals surface area contributed by atoms with Crippen LogP contribution in [0.1, 0.15) is 18.4 Å². The number of carbonyl (C=O) groups is 1. The Morgan fingerprint density at radius 1 is 1.21 bits per heavy atom. The maximum atomic E-state index is 13.3. The Bertz CT molecular complexity index is 695. The highest BCUT2D eigenvalue weighted by atomic mass is 19.1. The second kappa shape index (κ2) is 6.97. The van der Waals surface area contributed by atoms with E-state index in [0.717, 1.165) is 5.56 Å². The average Bonchev–Trinajstić information content (AvgIpc) is 2.63. The Balaban J connectivity index is 1.87. The van der Waals surface area contributed by atoms with Crippen LogP contribution in [0.5, 0.6) is 5.88 Å². The Hall–Kier alpha value is -2.47. The van der Waals surface area contributed by atoms with Gasteiger partial charge >= 0.3 is 0 Å². The smallest absolute Gasteiger partial charge is 0.235 e. The topological polar surface area (TPSA) is 60.5 Å². The lowest BCUT2D eigenvalue weighted by Crippen LogP contribution is -2.44. The molecule has 2 aromatic rings. The standard InChI is InChI=1S/C18H19FN2O3/c1-23-16-7-6-15(12-20-16)21-17(22)18(8-10-24-11-9-18)13-2-4-14(19)5-3-13/h2-7,12H,8-11H2,1H3,(H,21,22). The summed E-state index contributed by atoms with van der Waals surface area (Å²) < 4.78 is 23.7. The second-order valence-corrected chi connectivity index (χ2v) is 5.74. The molecule has 0 spiro atoms. The van der Waals surface area contributed by atoms with E-state index < -0.39 is 5.41 Å². The van der Waals surface area contributed by atoms with Gasteiger partial charge in [-0.3, -0.25) is 4.79 Å². The molecule has 0 saturated carbocycles. The van der Waals surface area contributed by atoms with Gasteiger partial charge in [0.05, 0.1) is 24.4 Å². The van der Waals surface area contributed by atoms with Crippen molar-refractivity contribution < 1.29 is 18.7 Å². The fourth-order valence-electron chi connectivity index (χ4n) is 2.96. The van der Waals surface area contributed by atoms with Gasteiger partial charge in [-0.25, -0.2) is 9.37 Å². The number of anilines is 1. The molecule has 1 fully saturated rings. The first kappa shape index (κ1) is 16.4. The summed E-state index contributed by atoms with van der Waals surface area (Å²) >= 11 is 0. The number of nitrogens with one attached hydrogen (secondary N) is 1. The zero-order chi connectivity index (χ0) is 17.0. The molecule has 1 aliphatic heterocycles. The van der Waals surface area contributed by atoms with Crippen molar-refractivity contribution in [3.63, 3.8) is 0 Å². The summed E-state index contributed by atoms with van der Waals surface area (Å²) in [5, 5.41) is 2.91. The van der Waals surface area contributed by atoms with Gasteiger partial charge in [0, 0.05) is 19.3 Å². The van der Waals surface area contributed by atoms with E-state index in [4.69, 9.17) is 9.47 Å². The second-order valence-electron chi connectivity index (χ2n) is 5.74. The number of amides is 1. The first-order valence-electron chi connectivity index (χ1n) is 7.79. The van der Waals surface area contributed by atoms with Crippen LogP contribution < -0.4 is 10.1 Å². The molecule has 1 aliphatic rings. The fourth-order valence-corrected chi connectivity index (χ4v) is 2.96. The van der Waals surface area contributed by atoms with E-state index in [2.05, 4.69) is 10.3 Å². The summed E-state index contributed by atoms with van der Waals surface area (Å²) in [5.74, 6) is 0.0254. The molecule has 0 bridgehead atoms. The number of hydrogen-bond donors (Lipinski definition) is 1. The van der Waals surface area contributed by atoms with Crippen LogP contribution in [0.2, 0.25) is 0 Å². The van der Waals surface area contributed by atoms with E-state index in [1.165, 1.54) is 19.2 Å². The number of nitrogens with zero attached hydrogens (tertiary/aromatic N) is 1. The first-order valence-corrected chi connectivity index (χ1v) is 7.79. The van der Waals surface area contributed by atoms with Gasteiger partial charge in [-0.05, 0) is 36.6 Å². The molecule has 126 valence electrons. The summed E-state index contributed by atoms with van der Waals surface area (Å²) in [6.07, 6.45) is 2.65. The van der Waals surface area contributed by atoms with Crippen LogP contribution >= 0.6 is 0 Å². The molecule has 24 heavy (non-hydrogen) atoms. The van der Waals surface area contributed by atoms with Crippen LogP contribution in [0.3, 0.4) is 0 Å². The molecule has 1 aromatic heterocycles. The molecule has 5 nitrogen and oxygen atoms in total. The third kappa shape index (κ3) is 3.23. The molecule has 0 atom stereocenters.